The number of methoxy groups -OCH3 is 2. The van der Waals surface area contributed by atoms with E-state index in [2.05, 4.69) is 10.3 Å². The number of pyridine rings is 1. The van der Waals surface area contributed by atoms with Crippen LogP contribution in [-0.4, -0.2) is 61.2 Å². The van der Waals surface area contributed by atoms with Crippen molar-refractivity contribution >= 4 is 23.2 Å². The number of anilines is 2. The molecule has 0 bridgehead atoms. The maximum atomic E-state index is 12.6. The second-order valence-electron chi connectivity index (χ2n) is 6.10. The molecule has 0 aliphatic carbocycles. The fourth-order valence-electron chi connectivity index (χ4n) is 2.94. The van der Waals surface area contributed by atoms with Gasteiger partial charge in [-0.1, -0.05) is 0 Å². The van der Waals surface area contributed by atoms with Gasteiger partial charge in [-0.2, -0.15) is 0 Å². The summed E-state index contributed by atoms with van der Waals surface area (Å²) >= 11 is 0. The van der Waals surface area contributed by atoms with Gasteiger partial charge >= 0.3 is 11.8 Å². The average molecular weight is 387 g/mol. The lowest BCUT2D eigenvalue weighted by molar-refractivity contribution is -0.389. The Morgan fingerprint density at radius 2 is 1.89 bits per heavy atom. The van der Waals surface area contributed by atoms with Crippen LogP contribution in [0.15, 0.2) is 36.5 Å². The highest BCUT2D eigenvalue weighted by Crippen LogP contribution is 2.29. The second kappa shape index (κ2) is 8.42. The number of aromatic nitrogens is 1. The van der Waals surface area contributed by atoms with E-state index in [-0.39, 0.29) is 11.8 Å². The van der Waals surface area contributed by atoms with Crippen LogP contribution in [0.4, 0.5) is 22.0 Å². The van der Waals surface area contributed by atoms with Crippen LogP contribution < -0.4 is 19.7 Å². The van der Waals surface area contributed by atoms with Crippen LogP contribution in [-0.2, 0) is 0 Å². The molecule has 2 heterocycles. The van der Waals surface area contributed by atoms with Crippen molar-refractivity contribution in [3.63, 3.8) is 0 Å². The monoisotopic (exact) mass is 387 g/mol. The number of nitrogens with zero attached hydrogens (tertiary/aromatic N) is 4. The molecule has 10 nitrogen and oxygen atoms in total. The van der Waals surface area contributed by atoms with Gasteiger partial charge in [0, 0.05) is 38.3 Å². The first-order valence-corrected chi connectivity index (χ1v) is 8.65. The maximum Gasteiger partial charge on any atom is 0.363 e. The molecule has 2 amide bonds. The third kappa shape index (κ3) is 4.22. The highest BCUT2D eigenvalue weighted by atomic mass is 16.6. The molecule has 1 fully saturated rings. The van der Waals surface area contributed by atoms with Crippen molar-refractivity contribution in [3.8, 4) is 11.5 Å². The van der Waals surface area contributed by atoms with Crippen molar-refractivity contribution in [1.29, 1.82) is 0 Å². The molecule has 1 N–H and O–H groups in total. The predicted octanol–water partition coefficient (Wildman–Crippen LogP) is 2.36. The van der Waals surface area contributed by atoms with E-state index in [1.165, 1.54) is 19.4 Å². The number of ether oxygens (including phenoxy) is 2. The summed E-state index contributed by atoms with van der Waals surface area (Å²) in [5.74, 6) is 0.971. The standard InChI is InChI=1S/C18H21N5O5/c1-27-14-4-5-15(16(11-14)28-2)20-18(24)22-9-7-21(8-10-22)13-3-6-17(19-12-13)23(25)26/h3-6,11-12H,7-10H2,1-2H3,(H,20,24). The number of benzene rings is 1. The summed E-state index contributed by atoms with van der Waals surface area (Å²) in [4.78, 5) is 30.3. The number of nitro groups is 1. The van der Waals surface area contributed by atoms with Crippen molar-refractivity contribution in [2.45, 2.75) is 0 Å². The molecular weight excluding hydrogens is 366 g/mol. The fourth-order valence-corrected chi connectivity index (χ4v) is 2.94. The molecule has 2 aromatic rings. The zero-order valence-corrected chi connectivity index (χ0v) is 15.6. The van der Waals surface area contributed by atoms with Gasteiger partial charge < -0.3 is 34.7 Å². The number of hydrogen-bond acceptors (Lipinski definition) is 7. The first-order chi connectivity index (χ1) is 13.5. The van der Waals surface area contributed by atoms with Gasteiger partial charge in [0.2, 0.25) is 0 Å². The zero-order chi connectivity index (χ0) is 20.1. The third-order valence-corrected chi connectivity index (χ3v) is 4.50. The number of carbonyl (C=O) groups is 1. The molecule has 28 heavy (non-hydrogen) atoms. The average Bonchev–Trinajstić information content (AvgIpc) is 2.74. The van der Waals surface area contributed by atoms with Gasteiger partial charge in [-0.15, -0.1) is 0 Å². The quantitative estimate of drug-likeness (QED) is 0.619. The minimum atomic E-state index is -0.528. The molecular formula is C18H21N5O5. The number of hydrogen-bond donors (Lipinski definition) is 1. The van der Waals surface area contributed by atoms with Crippen molar-refractivity contribution in [1.82, 2.24) is 9.88 Å². The molecule has 0 spiro atoms. The molecule has 148 valence electrons. The molecule has 3 rings (SSSR count). The van der Waals surface area contributed by atoms with E-state index in [9.17, 15) is 14.9 Å². The first kappa shape index (κ1) is 19.2. The third-order valence-electron chi connectivity index (χ3n) is 4.50. The van der Waals surface area contributed by atoms with E-state index in [1.807, 2.05) is 4.90 Å². The fraction of sp³-hybridized carbons (Fsp3) is 0.333. The molecule has 1 saturated heterocycles. The van der Waals surface area contributed by atoms with Gasteiger partial charge in [0.05, 0.1) is 25.6 Å². The van der Waals surface area contributed by atoms with Gasteiger partial charge in [0.15, 0.2) is 6.20 Å². The van der Waals surface area contributed by atoms with Crippen LogP contribution in [0.2, 0.25) is 0 Å². The Kier molecular flexibility index (Phi) is 5.78. The summed E-state index contributed by atoms with van der Waals surface area (Å²) in [7, 11) is 3.09. The lowest BCUT2D eigenvalue weighted by Gasteiger charge is -2.35. The van der Waals surface area contributed by atoms with Crippen LogP contribution in [0, 0.1) is 10.1 Å². The minimum absolute atomic E-state index is 0.185. The highest BCUT2D eigenvalue weighted by Gasteiger charge is 2.23. The molecule has 1 aliphatic rings. The minimum Gasteiger partial charge on any atom is -0.497 e. The van der Waals surface area contributed by atoms with Crippen LogP contribution in [0.25, 0.3) is 0 Å². The maximum absolute atomic E-state index is 12.6. The Morgan fingerprint density at radius 3 is 2.46 bits per heavy atom. The lowest BCUT2D eigenvalue weighted by atomic mass is 10.2. The topological polar surface area (TPSA) is 110 Å². The van der Waals surface area contributed by atoms with Crippen LogP contribution in [0.3, 0.4) is 0 Å². The molecule has 10 heteroatoms. The van der Waals surface area contributed by atoms with E-state index < -0.39 is 4.92 Å². The van der Waals surface area contributed by atoms with Crippen LogP contribution in [0.5, 0.6) is 11.5 Å². The van der Waals surface area contributed by atoms with E-state index >= 15 is 0 Å². The summed E-state index contributed by atoms with van der Waals surface area (Å²) in [6, 6.07) is 8.01. The van der Waals surface area contributed by atoms with Crippen molar-refractivity contribution in [2.24, 2.45) is 0 Å². The smallest absolute Gasteiger partial charge is 0.363 e. The predicted molar refractivity (Wildman–Crippen MR) is 103 cm³/mol. The number of amides is 2. The number of piperazine rings is 1. The zero-order valence-electron chi connectivity index (χ0n) is 15.6. The Bertz CT molecular complexity index is 850. The summed E-state index contributed by atoms with van der Waals surface area (Å²) in [6.07, 6.45) is 1.48. The van der Waals surface area contributed by atoms with Gasteiger partial charge in [0.25, 0.3) is 0 Å². The van der Waals surface area contributed by atoms with E-state index in [0.717, 1.165) is 5.69 Å². The molecule has 1 aromatic carbocycles. The van der Waals surface area contributed by atoms with E-state index in [4.69, 9.17) is 9.47 Å². The summed E-state index contributed by atoms with van der Waals surface area (Å²) in [6.45, 7) is 2.24. The van der Waals surface area contributed by atoms with E-state index in [1.54, 1.807) is 36.3 Å². The SMILES string of the molecule is COc1ccc(NC(=O)N2CCN(c3ccc([N+](=O)[O-])nc3)CC2)c(OC)c1. The molecule has 0 atom stereocenters. The number of urea groups is 1. The molecule has 1 aromatic heterocycles. The lowest BCUT2D eigenvalue weighted by Crippen LogP contribution is -2.50. The Morgan fingerprint density at radius 1 is 1.14 bits per heavy atom. The van der Waals surface area contributed by atoms with Gasteiger partial charge in [0.1, 0.15) is 11.5 Å². The van der Waals surface area contributed by atoms with Crippen LogP contribution in [0.1, 0.15) is 0 Å². The highest BCUT2D eigenvalue weighted by molar-refractivity contribution is 5.91. The largest absolute Gasteiger partial charge is 0.497 e. The number of carbonyl (C=O) groups excluding carboxylic acids is 1. The Labute approximate surface area is 161 Å². The van der Waals surface area contributed by atoms with Crippen LogP contribution >= 0.6 is 0 Å². The number of nitrogens with one attached hydrogen (secondary N) is 1. The number of rotatable bonds is 5. The van der Waals surface area contributed by atoms with Gasteiger partial charge in [-0.3, -0.25) is 0 Å². The van der Waals surface area contributed by atoms with Gasteiger partial charge in [-0.25, -0.2) is 4.79 Å². The summed E-state index contributed by atoms with van der Waals surface area (Å²) in [5, 5.41) is 13.6. The Hall–Kier alpha value is -3.56. The van der Waals surface area contributed by atoms with Crippen molar-refractivity contribution in [3.05, 3.63) is 46.6 Å². The molecule has 0 saturated carbocycles. The second-order valence-corrected chi connectivity index (χ2v) is 6.10. The molecule has 1 aliphatic heterocycles. The van der Waals surface area contributed by atoms with Gasteiger partial charge in [-0.05, 0) is 28.1 Å². The van der Waals surface area contributed by atoms with Crippen molar-refractivity contribution < 1.29 is 19.2 Å². The van der Waals surface area contributed by atoms with E-state index in [0.29, 0.717) is 43.4 Å². The molecule has 0 radical (unpaired) electrons. The Balaban J connectivity index is 1.58. The first-order valence-electron chi connectivity index (χ1n) is 8.65. The molecule has 0 unspecified atom stereocenters. The normalized spacial score (nSPS) is 13.8. The summed E-state index contributed by atoms with van der Waals surface area (Å²) < 4.78 is 10.5. The van der Waals surface area contributed by atoms with Crippen molar-refractivity contribution in [2.75, 3.05) is 50.6 Å². The summed E-state index contributed by atoms with van der Waals surface area (Å²) in [5.41, 5.74) is 1.36.